The lowest BCUT2D eigenvalue weighted by atomic mass is 9.96. The van der Waals surface area contributed by atoms with Crippen molar-refractivity contribution in [1.82, 2.24) is 15.6 Å². The third kappa shape index (κ3) is 8.83. The Morgan fingerprint density at radius 2 is 1.55 bits per heavy atom. The third-order valence-electron chi connectivity index (χ3n) is 7.38. The standard InChI is InChI=1S/C33H37N3O7P/c1-22(2)27(31(37)35-29(32(38)39)18-25-19-34-28-16-10-9-15-26(25)28)21-44(41,42)30(17-23-11-5-3-6-12-23)36-33(40)43-20-24-13-7-4-8-14-24/h3-16,19,22,27,29,34H,17-18,20-21H2,1-2H3,(H4-,35,36,37,38,39,40,41,42)/q-1/p-1/t27?,29-/m0/s1. The van der Waals surface area contributed by atoms with E-state index in [-0.39, 0.29) is 24.9 Å². The van der Waals surface area contributed by atoms with E-state index in [1.54, 1.807) is 74.6 Å². The number of ether oxygens (including phenoxy) is 1. The lowest BCUT2D eigenvalue weighted by molar-refractivity contribution is -0.308. The number of H-pyrrole nitrogens is 1. The number of carboxylic acid groups (broad SMARTS) is 1. The largest absolute Gasteiger partial charge is 0.808 e. The van der Waals surface area contributed by atoms with Gasteiger partial charge in [0, 0.05) is 41.3 Å². The number of aromatic amines is 1. The van der Waals surface area contributed by atoms with Crippen LogP contribution in [0.1, 0.15) is 30.5 Å². The van der Waals surface area contributed by atoms with Crippen molar-refractivity contribution >= 4 is 41.6 Å². The molecule has 1 heterocycles. The summed E-state index contributed by atoms with van der Waals surface area (Å²) in [7, 11) is -4.36. The van der Waals surface area contributed by atoms with E-state index in [4.69, 9.17) is 4.74 Å². The Labute approximate surface area is 256 Å². The van der Waals surface area contributed by atoms with Crippen molar-refractivity contribution in [3.8, 4) is 0 Å². The van der Waals surface area contributed by atoms with Gasteiger partial charge in [0.05, 0.1) is 12.0 Å². The highest BCUT2D eigenvalue weighted by Crippen LogP contribution is 2.39. The number of hydrogen-bond acceptors (Lipinski definition) is 7. The molecular formula is C33H36N3O7P-2. The molecule has 0 saturated heterocycles. The van der Waals surface area contributed by atoms with Crippen LogP contribution in [0.4, 0.5) is 4.79 Å². The number of nitrogens with one attached hydrogen (secondary N) is 3. The summed E-state index contributed by atoms with van der Waals surface area (Å²) >= 11 is 0. The Morgan fingerprint density at radius 1 is 0.932 bits per heavy atom. The van der Waals surface area contributed by atoms with Crippen LogP contribution >= 0.6 is 7.34 Å². The molecule has 0 fully saturated rings. The number of para-hydroxylation sites is 1. The number of alkyl carbamates (subject to hydrolysis) is 1. The Hall–Kier alpha value is -4.37. The van der Waals surface area contributed by atoms with Crippen LogP contribution in [-0.4, -0.2) is 45.5 Å². The molecule has 4 rings (SSSR count). The van der Waals surface area contributed by atoms with Gasteiger partial charge in [-0.05, 0) is 34.8 Å². The van der Waals surface area contributed by atoms with Gasteiger partial charge in [0.1, 0.15) is 6.61 Å². The Morgan fingerprint density at radius 3 is 2.18 bits per heavy atom. The molecular weight excluding hydrogens is 581 g/mol. The maximum atomic E-state index is 13.9. The second-order valence-electron chi connectivity index (χ2n) is 11.0. The van der Waals surface area contributed by atoms with E-state index in [1.807, 2.05) is 30.3 Å². The molecule has 0 spiro atoms. The SMILES string of the molecule is CC(C)C(CP([O-])(O)=C(Cc1ccccc1)NC(=O)OCc1ccccc1)C(=O)N[C@@H](Cc1c[nH]c2ccccc12)C(=O)[O-]. The van der Waals surface area contributed by atoms with Gasteiger partial charge in [-0.25, -0.2) is 4.79 Å². The molecule has 0 saturated carbocycles. The van der Waals surface area contributed by atoms with Crippen molar-refractivity contribution in [3.63, 3.8) is 0 Å². The monoisotopic (exact) mass is 617 g/mol. The minimum atomic E-state index is -4.36. The van der Waals surface area contributed by atoms with Gasteiger partial charge in [-0.15, -0.1) is 0 Å². The van der Waals surface area contributed by atoms with Gasteiger partial charge in [-0.3, -0.25) is 10.1 Å². The van der Waals surface area contributed by atoms with Crippen LogP contribution in [0.15, 0.2) is 91.1 Å². The molecule has 3 atom stereocenters. The maximum Gasteiger partial charge on any atom is 0.411 e. The van der Waals surface area contributed by atoms with E-state index >= 15 is 0 Å². The summed E-state index contributed by atoms with van der Waals surface area (Å²) < 4.78 is 5.29. The van der Waals surface area contributed by atoms with E-state index in [0.717, 1.165) is 16.5 Å². The molecule has 3 aromatic carbocycles. The van der Waals surface area contributed by atoms with E-state index in [2.05, 4.69) is 15.6 Å². The van der Waals surface area contributed by atoms with Crippen LogP contribution in [-0.2, 0) is 33.8 Å². The second-order valence-corrected chi connectivity index (χ2v) is 13.3. The molecule has 11 heteroatoms. The Bertz CT molecular complexity index is 1630. The molecule has 2 unspecified atom stereocenters. The van der Waals surface area contributed by atoms with E-state index in [9.17, 15) is 29.3 Å². The molecule has 2 amide bonds. The van der Waals surface area contributed by atoms with Gasteiger partial charge >= 0.3 is 6.09 Å². The minimum absolute atomic E-state index is 0.0418. The fraction of sp³-hybridized carbons (Fsp3) is 0.273. The van der Waals surface area contributed by atoms with Crippen molar-refractivity contribution < 1.29 is 34.0 Å². The van der Waals surface area contributed by atoms with E-state index in [0.29, 0.717) is 11.1 Å². The zero-order valence-corrected chi connectivity index (χ0v) is 25.5. The summed E-state index contributed by atoms with van der Waals surface area (Å²) in [5.74, 6) is -3.66. The predicted molar refractivity (Wildman–Crippen MR) is 166 cm³/mol. The van der Waals surface area contributed by atoms with Crippen LogP contribution in [0.25, 0.3) is 10.9 Å². The lowest BCUT2D eigenvalue weighted by Gasteiger charge is -2.36. The number of hydrogen-bond donors (Lipinski definition) is 4. The summed E-state index contributed by atoms with van der Waals surface area (Å²) in [4.78, 5) is 66.6. The minimum Gasteiger partial charge on any atom is -0.808 e. The molecule has 4 N–H and O–H groups in total. The highest BCUT2D eigenvalue weighted by Gasteiger charge is 2.29. The van der Waals surface area contributed by atoms with Crippen molar-refractivity contribution in [2.45, 2.75) is 39.3 Å². The van der Waals surface area contributed by atoms with Crippen molar-refractivity contribution in [1.29, 1.82) is 0 Å². The number of carbonyl (C=O) groups excluding carboxylic acids is 3. The number of amides is 2. The van der Waals surface area contributed by atoms with Gasteiger partial charge in [-0.1, -0.05) is 100 Å². The molecule has 232 valence electrons. The van der Waals surface area contributed by atoms with Crippen LogP contribution in [0.3, 0.4) is 0 Å². The number of fused-ring (bicyclic) bond motifs is 1. The smallest absolute Gasteiger partial charge is 0.411 e. The predicted octanol–water partition coefficient (Wildman–Crippen LogP) is 2.72. The number of carbonyl (C=O) groups is 3. The fourth-order valence-electron chi connectivity index (χ4n) is 4.89. The molecule has 44 heavy (non-hydrogen) atoms. The maximum absolute atomic E-state index is 13.9. The number of carboxylic acids is 1. The molecule has 0 radical (unpaired) electrons. The summed E-state index contributed by atoms with van der Waals surface area (Å²) in [5, 5.41) is 17.9. The molecule has 0 aliphatic rings. The summed E-state index contributed by atoms with van der Waals surface area (Å²) in [6.45, 7) is 3.37. The summed E-state index contributed by atoms with van der Waals surface area (Å²) in [5.41, 5.74) is 2.73. The van der Waals surface area contributed by atoms with Crippen molar-refractivity contribution in [2.75, 3.05) is 6.16 Å². The van der Waals surface area contributed by atoms with Crippen LogP contribution in [0.5, 0.6) is 0 Å². The van der Waals surface area contributed by atoms with Crippen molar-refractivity contribution in [2.24, 2.45) is 11.8 Å². The highest BCUT2D eigenvalue weighted by molar-refractivity contribution is 7.64. The topological polar surface area (TPSA) is 167 Å². The molecule has 4 aromatic rings. The molecule has 10 nitrogen and oxygen atoms in total. The van der Waals surface area contributed by atoms with Gasteiger partial charge in [0.25, 0.3) is 0 Å². The number of rotatable bonds is 13. The van der Waals surface area contributed by atoms with Gasteiger partial charge in [0.2, 0.25) is 5.91 Å². The Kier molecular flexibility index (Phi) is 11.0. The first-order valence-electron chi connectivity index (χ1n) is 14.3. The lowest BCUT2D eigenvalue weighted by Crippen LogP contribution is -2.52. The molecule has 0 aliphatic heterocycles. The fourth-order valence-corrected chi connectivity index (χ4v) is 6.92. The molecule has 0 aliphatic carbocycles. The zero-order chi connectivity index (χ0) is 31.7. The van der Waals surface area contributed by atoms with E-state index < -0.39 is 49.3 Å². The number of benzene rings is 3. The summed E-state index contributed by atoms with van der Waals surface area (Å²) in [6.07, 6.45) is 0.145. The number of aromatic nitrogens is 1. The third-order valence-corrected chi connectivity index (χ3v) is 9.38. The average Bonchev–Trinajstić information content (AvgIpc) is 3.41. The van der Waals surface area contributed by atoms with Crippen LogP contribution in [0, 0.1) is 11.8 Å². The van der Waals surface area contributed by atoms with Crippen LogP contribution in [0.2, 0.25) is 0 Å². The van der Waals surface area contributed by atoms with E-state index in [1.165, 1.54) is 0 Å². The normalized spacial score (nSPS) is 13.9. The van der Waals surface area contributed by atoms with Crippen LogP contribution < -0.4 is 20.6 Å². The molecule has 1 aromatic heterocycles. The van der Waals surface area contributed by atoms with Gasteiger partial charge in [0.15, 0.2) is 0 Å². The second kappa shape index (κ2) is 14.9. The number of aliphatic carboxylic acids is 1. The Balaban J connectivity index is 1.55. The van der Waals surface area contributed by atoms with Gasteiger partial charge in [-0.2, -0.15) is 0 Å². The first-order valence-corrected chi connectivity index (χ1v) is 16.1. The first-order chi connectivity index (χ1) is 21.0. The summed E-state index contributed by atoms with van der Waals surface area (Å²) in [6, 6.07) is 23.8. The average molecular weight is 618 g/mol. The zero-order valence-electron chi connectivity index (χ0n) is 24.6. The first kappa shape index (κ1) is 32.5. The highest BCUT2D eigenvalue weighted by atomic mass is 31.2. The molecule has 0 bridgehead atoms. The van der Waals surface area contributed by atoms with Crippen molar-refractivity contribution in [3.05, 3.63) is 108 Å². The van der Waals surface area contributed by atoms with Gasteiger partial charge < -0.3 is 34.7 Å². The quantitative estimate of drug-likeness (QED) is 0.167.